The van der Waals surface area contributed by atoms with Crippen LogP contribution in [-0.4, -0.2) is 38.1 Å². The second-order valence-corrected chi connectivity index (χ2v) is 9.73. The first kappa shape index (κ1) is 22.0. The van der Waals surface area contributed by atoms with Crippen LogP contribution in [-0.2, 0) is 33.7 Å². The number of rotatable bonds is 12. The quantitative estimate of drug-likeness (QED) is 0.382. The smallest absolute Gasteiger partial charge is 0.324 e. The standard InChI is InChI=1S/C19H31N4O5P/c1-4-27-29(26,28-5-2)12-8-6-7-11-23-18(24)16-17(21(3)19(23)25)20-14-22(16)13-15-9-10-15/h14-15H,4-13H2,1-3H3. The van der Waals surface area contributed by atoms with Crippen LogP contribution in [0.4, 0.5) is 0 Å². The molecule has 0 N–H and O–H groups in total. The van der Waals surface area contributed by atoms with Gasteiger partial charge in [-0.25, -0.2) is 9.78 Å². The topological polar surface area (TPSA) is 97.4 Å². The second-order valence-electron chi connectivity index (χ2n) is 7.54. The highest BCUT2D eigenvalue weighted by atomic mass is 31.2. The number of unbranched alkanes of at least 4 members (excludes halogenated alkanes) is 2. The van der Waals surface area contributed by atoms with Crippen molar-refractivity contribution < 1.29 is 13.6 Å². The summed E-state index contributed by atoms with van der Waals surface area (Å²) in [4.78, 5) is 29.9. The van der Waals surface area contributed by atoms with Crippen LogP contribution in [0, 0.1) is 5.92 Å². The lowest BCUT2D eigenvalue weighted by molar-refractivity contribution is 0.219. The van der Waals surface area contributed by atoms with E-state index in [1.165, 1.54) is 22.0 Å². The number of aryl methyl sites for hydroxylation is 1. The van der Waals surface area contributed by atoms with Crippen LogP contribution in [0.1, 0.15) is 46.0 Å². The largest absolute Gasteiger partial charge is 0.332 e. The zero-order chi connectivity index (χ0) is 21.0. The monoisotopic (exact) mass is 426 g/mol. The van der Waals surface area contributed by atoms with E-state index in [9.17, 15) is 14.2 Å². The predicted molar refractivity (Wildman–Crippen MR) is 112 cm³/mol. The lowest BCUT2D eigenvalue weighted by atomic mass is 10.2. The highest BCUT2D eigenvalue weighted by Gasteiger charge is 2.25. The zero-order valence-corrected chi connectivity index (χ0v) is 18.4. The molecular formula is C19H31N4O5P. The summed E-state index contributed by atoms with van der Waals surface area (Å²) in [5, 5.41) is 0. The lowest BCUT2D eigenvalue weighted by Gasteiger charge is -2.16. The van der Waals surface area contributed by atoms with Gasteiger partial charge in [-0.05, 0) is 45.4 Å². The Balaban J connectivity index is 1.68. The van der Waals surface area contributed by atoms with Crippen LogP contribution in [0.25, 0.3) is 11.2 Å². The van der Waals surface area contributed by atoms with Crippen LogP contribution >= 0.6 is 7.60 Å². The molecule has 3 rings (SSSR count). The maximum absolute atomic E-state index is 13.0. The number of aromatic nitrogens is 4. The summed E-state index contributed by atoms with van der Waals surface area (Å²) in [6.07, 6.45) is 6.35. The predicted octanol–water partition coefficient (Wildman–Crippen LogP) is 2.74. The third-order valence-electron chi connectivity index (χ3n) is 5.22. The molecule has 0 amide bonds. The van der Waals surface area contributed by atoms with Crippen molar-refractivity contribution in [2.45, 2.75) is 59.0 Å². The van der Waals surface area contributed by atoms with E-state index in [2.05, 4.69) is 4.98 Å². The minimum atomic E-state index is -3.04. The minimum Gasteiger partial charge on any atom is -0.324 e. The van der Waals surface area contributed by atoms with Crippen molar-refractivity contribution in [3.8, 4) is 0 Å². The van der Waals surface area contributed by atoms with Gasteiger partial charge >= 0.3 is 13.3 Å². The summed E-state index contributed by atoms with van der Waals surface area (Å²) in [5.74, 6) is 0.601. The number of fused-ring (bicyclic) bond motifs is 1. The minimum absolute atomic E-state index is 0.282. The molecule has 1 fully saturated rings. The Bertz CT molecular complexity index is 994. The Labute approximate surface area is 170 Å². The first-order chi connectivity index (χ1) is 13.9. The van der Waals surface area contributed by atoms with Crippen molar-refractivity contribution >= 4 is 18.8 Å². The van der Waals surface area contributed by atoms with Crippen LogP contribution in [0.15, 0.2) is 15.9 Å². The van der Waals surface area contributed by atoms with Gasteiger partial charge in [0.25, 0.3) is 5.56 Å². The number of nitrogens with zero attached hydrogens (tertiary/aromatic N) is 4. The van der Waals surface area contributed by atoms with Crippen molar-refractivity contribution in [1.29, 1.82) is 0 Å². The van der Waals surface area contributed by atoms with Gasteiger partial charge < -0.3 is 13.6 Å². The molecule has 162 valence electrons. The summed E-state index contributed by atoms with van der Waals surface area (Å²) >= 11 is 0. The van der Waals surface area contributed by atoms with Gasteiger partial charge in [0, 0.05) is 20.1 Å². The molecule has 0 spiro atoms. The fraction of sp³-hybridized carbons (Fsp3) is 0.737. The average molecular weight is 426 g/mol. The molecule has 2 aromatic rings. The first-order valence-electron chi connectivity index (χ1n) is 10.4. The molecule has 29 heavy (non-hydrogen) atoms. The van der Waals surface area contributed by atoms with Gasteiger partial charge in [-0.2, -0.15) is 0 Å². The number of imidazole rings is 1. The molecule has 1 saturated carbocycles. The molecule has 1 aliphatic carbocycles. The van der Waals surface area contributed by atoms with Gasteiger partial charge in [0.2, 0.25) is 0 Å². The second kappa shape index (κ2) is 9.41. The molecule has 10 heteroatoms. The van der Waals surface area contributed by atoms with Crippen molar-refractivity contribution in [3.05, 3.63) is 27.2 Å². The fourth-order valence-electron chi connectivity index (χ4n) is 3.55. The van der Waals surface area contributed by atoms with Crippen molar-refractivity contribution in [2.75, 3.05) is 19.4 Å². The SMILES string of the molecule is CCOP(=O)(CCCCCn1c(=O)c2c(ncn2CC2CC2)n(C)c1=O)OCC. The summed E-state index contributed by atoms with van der Waals surface area (Å²) < 4.78 is 27.7. The molecule has 0 radical (unpaired) electrons. The fourth-order valence-corrected chi connectivity index (χ4v) is 5.28. The number of hydrogen-bond acceptors (Lipinski definition) is 6. The molecule has 0 atom stereocenters. The van der Waals surface area contributed by atoms with Gasteiger partial charge in [-0.15, -0.1) is 0 Å². The van der Waals surface area contributed by atoms with E-state index >= 15 is 0 Å². The van der Waals surface area contributed by atoms with E-state index in [4.69, 9.17) is 9.05 Å². The van der Waals surface area contributed by atoms with E-state index in [1.807, 2.05) is 4.57 Å². The first-order valence-corrected chi connectivity index (χ1v) is 12.2. The Morgan fingerprint density at radius 3 is 2.45 bits per heavy atom. The van der Waals surface area contributed by atoms with E-state index < -0.39 is 7.60 Å². The van der Waals surface area contributed by atoms with E-state index in [0.717, 1.165) is 13.0 Å². The van der Waals surface area contributed by atoms with Crippen LogP contribution < -0.4 is 11.2 Å². The van der Waals surface area contributed by atoms with Crippen molar-refractivity contribution in [3.63, 3.8) is 0 Å². The number of hydrogen-bond donors (Lipinski definition) is 0. The van der Waals surface area contributed by atoms with E-state index in [0.29, 0.717) is 55.8 Å². The highest BCUT2D eigenvalue weighted by Crippen LogP contribution is 2.48. The average Bonchev–Trinajstić information content (AvgIpc) is 3.39. The van der Waals surface area contributed by atoms with Crippen molar-refractivity contribution in [1.82, 2.24) is 18.7 Å². The van der Waals surface area contributed by atoms with E-state index in [-0.39, 0.29) is 11.2 Å². The third-order valence-corrected chi connectivity index (χ3v) is 7.39. The summed E-state index contributed by atoms with van der Waals surface area (Å²) in [5.41, 5.74) is 0.298. The van der Waals surface area contributed by atoms with Gasteiger partial charge in [0.05, 0.1) is 25.7 Å². The lowest BCUT2D eigenvalue weighted by Crippen LogP contribution is -2.39. The van der Waals surface area contributed by atoms with Gasteiger partial charge in [-0.3, -0.25) is 18.5 Å². The van der Waals surface area contributed by atoms with Gasteiger partial charge in [-0.1, -0.05) is 6.42 Å². The summed E-state index contributed by atoms with van der Waals surface area (Å²) in [6.45, 7) is 5.36. The third kappa shape index (κ3) is 5.08. The normalized spacial score (nSPS) is 14.7. The molecule has 1 aliphatic rings. The van der Waals surface area contributed by atoms with Crippen LogP contribution in [0.3, 0.4) is 0 Å². The van der Waals surface area contributed by atoms with Crippen molar-refractivity contribution in [2.24, 2.45) is 13.0 Å². The molecule has 0 aromatic carbocycles. The highest BCUT2D eigenvalue weighted by molar-refractivity contribution is 7.53. The molecule has 2 aromatic heterocycles. The molecule has 9 nitrogen and oxygen atoms in total. The van der Waals surface area contributed by atoms with Crippen LogP contribution in [0.5, 0.6) is 0 Å². The molecule has 0 bridgehead atoms. The Hall–Kier alpha value is -1.70. The Morgan fingerprint density at radius 2 is 1.83 bits per heavy atom. The zero-order valence-electron chi connectivity index (χ0n) is 17.5. The molecular weight excluding hydrogens is 395 g/mol. The maximum atomic E-state index is 13.0. The van der Waals surface area contributed by atoms with Gasteiger partial charge in [0.15, 0.2) is 11.2 Å². The molecule has 0 unspecified atom stereocenters. The van der Waals surface area contributed by atoms with Crippen LogP contribution in [0.2, 0.25) is 0 Å². The Kier molecular flexibility index (Phi) is 7.14. The molecule has 0 aliphatic heterocycles. The Morgan fingerprint density at radius 1 is 1.14 bits per heavy atom. The van der Waals surface area contributed by atoms with E-state index in [1.54, 1.807) is 27.2 Å². The molecule has 0 saturated heterocycles. The molecule has 2 heterocycles. The summed E-state index contributed by atoms with van der Waals surface area (Å²) in [6, 6.07) is 0. The summed E-state index contributed by atoms with van der Waals surface area (Å²) in [7, 11) is -1.39. The maximum Gasteiger partial charge on any atom is 0.332 e. The van der Waals surface area contributed by atoms with Gasteiger partial charge in [0.1, 0.15) is 0 Å².